The first-order valence-corrected chi connectivity index (χ1v) is 11.0. The molecule has 0 aromatic rings. The third-order valence-corrected chi connectivity index (χ3v) is 10.1. The second-order valence-electron chi connectivity index (χ2n) is 8.28. The third kappa shape index (κ3) is 3.26. The maximum absolute atomic E-state index is 11.9. The van der Waals surface area contributed by atoms with Crippen LogP contribution < -0.4 is 0 Å². The lowest BCUT2D eigenvalue weighted by Crippen LogP contribution is -2.54. The van der Waals surface area contributed by atoms with E-state index in [4.69, 9.17) is 9.16 Å². The van der Waals surface area contributed by atoms with Crippen molar-refractivity contribution in [3.05, 3.63) is 11.6 Å². The van der Waals surface area contributed by atoms with E-state index in [1.165, 1.54) is 5.57 Å². The Morgan fingerprint density at radius 1 is 1.33 bits per heavy atom. The van der Waals surface area contributed by atoms with Gasteiger partial charge in [-0.25, -0.2) is 0 Å². The average Bonchev–Trinajstić information content (AvgIpc) is 2.31. The summed E-state index contributed by atoms with van der Waals surface area (Å²) in [7, 11) is -1.89. The van der Waals surface area contributed by atoms with Gasteiger partial charge in [0, 0.05) is 12.3 Å². The molecule has 1 heterocycles. The SMILES string of the molecule is CC1=CC[C@@H]2[C@@H](C)CC(=O)O[C@H]2C1O[Si](C)(C)C(C)(C)C. The van der Waals surface area contributed by atoms with Crippen LogP contribution in [0.5, 0.6) is 0 Å². The summed E-state index contributed by atoms with van der Waals surface area (Å²) in [6, 6.07) is 0. The number of hydrogen-bond acceptors (Lipinski definition) is 3. The second-order valence-corrected chi connectivity index (χ2v) is 13.0. The molecule has 0 N–H and O–H groups in total. The Kier molecular flexibility index (Phi) is 4.42. The van der Waals surface area contributed by atoms with E-state index in [-0.39, 0.29) is 23.2 Å². The van der Waals surface area contributed by atoms with Crippen LogP contribution >= 0.6 is 0 Å². The van der Waals surface area contributed by atoms with Crippen molar-refractivity contribution in [3.63, 3.8) is 0 Å². The summed E-state index contributed by atoms with van der Waals surface area (Å²) in [5, 5.41) is 0.157. The minimum atomic E-state index is -1.89. The summed E-state index contributed by atoms with van der Waals surface area (Å²) in [5.41, 5.74) is 1.22. The number of hydrogen-bond donors (Lipinski definition) is 0. The Morgan fingerprint density at radius 2 is 1.95 bits per heavy atom. The maximum Gasteiger partial charge on any atom is 0.306 e. The first kappa shape index (κ1) is 16.8. The normalized spacial score (nSPS) is 34.0. The Morgan fingerprint density at radius 3 is 2.52 bits per heavy atom. The van der Waals surface area contributed by atoms with Crippen molar-refractivity contribution in [2.75, 3.05) is 0 Å². The predicted molar refractivity (Wildman–Crippen MR) is 87.6 cm³/mol. The van der Waals surface area contributed by atoms with E-state index in [1.807, 2.05) is 0 Å². The second kappa shape index (κ2) is 5.54. The molecular formula is C17H30O3Si. The summed E-state index contributed by atoms with van der Waals surface area (Å²) >= 11 is 0. The van der Waals surface area contributed by atoms with E-state index in [1.54, 1.807) is 0 Å². The smallest absolute Gasteiger partial charge is 0.306 e. The van der Waals surface area contributed by atoms with Crippen molar-refractivity contribution >= 4 is 14.3 Å². The fraction of sp³-hybridized carbons (Fsp3) is 0.824. The van der Waals surface area contributed by atoms with Crippen molar-refractivity contribution in [1.82, 2.24) is 0 Å². The van der Waals surface area contributed by atoms with Crippen LogP contribution in [-0.4, -0.2) is 26.5 Å². The van der Waals surface area contributed by atoms with Gasteiger partial charge in [-0.15, -0.1) is 0 Å². The van der Waals surface area contributed by atoms with E-state index in [9.17, 15) is 4.79 Å². The van der Waals surface area contributed by atoms with Gasteiger partial charge in [0.05, 0.1) is 0 Å². The molecule has 2 aliphatic rings. The molecular weight excluding hydrogens is 280 g/mol. The van der Waals surface area contributed by atoms with Crippen LogP contribution in [0.1, 0.15) is 47.5 Å². The monoisotopic (exact) mass is 310 g/mol. The Bertz CT molecular complexity index is 447. The number of carbonyl (C=O) groups excluding carboxylic acids is 1. The zero-order valence-corrected chi connectivity index (χ0v) is 15.5. The van der Waals surface area contributed by atoms with E-state index >= 15 is 0 Å². The Labute approximate surface area is 130 Å². The van der Waals surface area contributed by atoms with E-state index in [2.05, 4.69) is 53.8 Å². The molecule has 21 heavy (non-hydrogen) atoms. The van der Waals surface area contributed by atoms with Gasteiger partial charge in [-0.1, -0.05) is 33.8 Å². The maximum atomic E-state index is 11.9. The number of carbonyl (C=O) groups is 1. The number of ether oxygens (including phenoxy) is 1. The summed E-state index contributed by atoms with van der Waals surface area (Å²) in [6.07, 6.45) is 3.68. The van der Waals surface area contributed by atoms with Crippen molar-refractivity contribution < 1.29 is 14.0 Å². The molecule has 1 aliphatic heterocycles. The predicted octanol–water partition coefficient (Wildman–Crippen LogP) is 4.29. The first-order chi connectivity index (χ1) is 9.53. The summed E-state index contributed by atoms with van der Waals surface area (Å²) in [6.45, 7) is 15.5. The molecule has 2 rings (SSSR count). The molecule has 0 saturated carbocycles. The lowest BCUT2D eigenvalue weighted by Gasteiger charge is -2.47. The average molecular weight is 311 g/mol. The molecule has 120 valence electrons. The number of allylic oxidation sites excluding steroid dienone is 1. The van der Waals surface area contributed by atoms with Gasteiger partial charge in [0.15, 0.2) is 8.32 Å². The highest BCUT2D eigenvalue weighted by atomic mass is 28.4. The summed E-state index contributed by atoms with van der Waals surface area (Å²) < 4.78 is 12.3. The first-order valence-electron chi connectivity index (χ1n) is 8.07. The highest BCUT2D eigenvalue weighted by molar-refractivity contribution is 6.74. The van der Waals surface area contributed by atoms with E-state index < -0.39 is 8.32 Å². The highest BCUT2D eigenvalue weighted by Gasteiger charge is 2.47. The number of esters is 1. The van der Waals surface area contributed by atoms with Gasteiger partial charge < -0.3 is 9.16 Å². The van der Waals surface area contributed by atoms with Crippen LogP contribution in [-0.2, 0) is 14.0 Å². The van der Waals surface area contributed by atoms with Crippen LogP contribution in [0, 0.1) is 11.8 Å². The highest BCUT2D eigenvalue weighted by Crippen LogP contribution is 2.43. The van der Waals surface area contributed by atoms with Crippen LogP contribution in [0.25, 0.3) is 0 Å². The minimum Gasteiger partial charge on any atom is -0.459 e. The Balaban J connectivity index is 2.26. The van der Waals surface area contributed by atoms with Gasteiger partial charge in [-0.05, 0) is 43.0 Å². The number of fused-ring (bicyclic) bond motifs is 1. The van der Waals surface area contributed by atoms with Crippen molar-refractivity contribution in [2.45, 2.75) is 77.8 Å². The van der Waals surface area contributed by atoms with Crippen molar-refractivity contribution in [3.8, 4) is 0 Å². The van der Waals surface area contributed by atoms with Crippen molar-refractivity contribution in [2.24, 2.45) is 11.8 Å². The van der Waals surface area contributed by atoms with Gasteiger partial charge in [-0.2, -0.15) is 0 Å². The fourth-order valence-electron chi connectivity index (χ4n) is 3.03. The van der Waals surface area contributed by atoms with Gasteiger partial charge in [0.2, 0.25) is 0 Å². The largest absolute Gasteiger partial charge is 0.459 e. The molecule has 3 nitrogen and oxygen atoms in total. The van der Waals surface area contributed by atoms with Gasteiger partial charge in [-0.3, -0.25) is 4.79 Å². The standard InChI is InChI=1S/C17H30O3Si/c1-11-8-9-13-12(2)10-14(18)19-16(13)15(11)20-21(6,7)17(3,4)5/h8,12-13,15-16H,9-10H2,1-7H3/t12-,13+,15?,16+/m0/s1. The lowest BCUT2D eigenvalue weighted by molar-refractivity contribution is -0.170. The fourth-order valence-corrected chi connectivity index (χ4v) is 4.34. The molecule has 1 saturated heterocycles. The topological polar surface area (TPSA) is 35.5 Å². The molecule has 4 atom stereocenters. The zero-order valence-electron chi connectivity index (χ0n) is 14.5. The summed E-state index contributed by atoms with van der Waals surface area (Å²) in [5.74, 6) is 0.717. The third-order valence-electron chi connectivity index (χ3n) is 5.60. The van der Waals surface area contributed by atoms with Crippen LogP contribution in [0.3, 0.4) is 0 Å². The molecule has 0 amide bonds. The van der Waals surface area contributed by atoms with Crippen molar-refractivity contribution in [1.29, 1.82) is 0 Å². The lowest BCUT2D eigenvalue weighted by atomic mass is 9.75. The summed E-state index contributed by atoms with van der Waals surface area (Å²) in [4.78, 5) is 11.9. The molecule has 0 aromatic heterocycles. The molecule has 1 aliphatic carbocycles. The van der Waals surface area contributed by atoms with Gasteiger partial charge >= 0.3 is 5.97 Å². The number of rotatable bonds is 2. The molecule has 1 fully saturated rings. The van der Waals surface area contributed by atoms with Gasteiger partial charge in [0.1, 0.15) is 12.2 Å². The van der Waals surface area contributed by atoms with E-state index in [0.717, 1.165) is 6.42 Å². The van der Waals surface area contributed by atoms with Crippen LogP contribution in [0.15, 0.2) is 11.6 Å². The van der Waals surface area contributed by atoms with Gasteiger partial charge in [0.25, 0.3) is 0 Å². The quantitative estimate of drug-likeness (QED) is 0.433. The molecule has 1 unspecified atom stereocenters. The zero-order chi connectivity index (χ0) is 16.0. The molecule has 0 bridgehead atoms. The molecule has 0 aromatic carbocycles. The van der Waals surface area contributed by atoms with Crippen LogP contribution in [0.2, 0.25) is 18.1 Å². The molecule has 0 radical (unpaired) electrons. The Hall–Kier alpha value is -0.613. The molecule has 4 heteroatoms. The minimum absolute atomic E-state index is 0.0589. The van der Waals surface area contributed by atoms with Crippen LogP contribution in [0.4, 0.5) is 0 Å². The molecule has 0 spiro atoms. The van der Waals surface area contributed by atoms with E-state index in [0.29, 0.717) is 18.3 Å².